The van der Waals surface area contributed by atoms with Crippen molar-refractivity contribution in [1.29, 1.82) is 0 Å². The Hall–Kier alpha value is -1.60. The number of benzene rings is 2. The van der Waals surface area contributed by atoms with Gasteiger partial charge in [0.05, 0.1) is 0 Å². The molecule has 0 unspecified atom stereocenters. The molecule has 1 aliphatic rings. The van der Waals surface area contributed by atoms with Crippen molar-refractivity contribution in [2.45, 2.75) is 58.5 Å². The summed E-state index contributed by atoms with van der Waals surface area (Å²) in [5.41, 5.74) is 7.19. The van der Waals surface area contributed by atoms with Crippen LogP contribution in [0.2, 0.25) is 0 Å². The van der Waals surface area contributed by atoms with Crippen molar-refractivity contribution in [3.8, 4) is 11.1 Å². The Labute approximate surface area is 134 Å². The summed E-state index contributed by atoms with van der Waals surface area (Å²) < 4.78 is 0. The zero-order valence-electron chi connectivity index (χ0n) is 14.5. The molecule has 1 N–H and O–H groups in total. The number of hydrogen-bond acceptors (Lipinski definition) is 1. The van der Waals surface area contributed by atoms with Crippen LogP contribution in [0.1, 0.15) is 69.9 Å². The van der Waals surface area contributed by atoms with Crippen LogP contribution in [0.15, 0.2) is 36.4 Å². The smallest absolute Gasteiger partial charge is 0.105 e. The third-order valence-corrected chi connectivity index (χ3v) is 4.71. The highest BCUT2D eigenvalue weighted by molar-refractivity contribution is 5.79. The molecule has 2 aromatic rings. The average Bonchev–Trinajstić information content (AvgIpc) is 2.70. The van der Waals surface area contributed by atoms with Crippen LogP contribution in [0, 0.1) is 0 Å². The van der Waals surface area contributed by atoms with E-state index in [1.807, 2.05) is 0 Å². The Morgan fingerprint density at radius 2 is 1.05 bits per heavy atom. The molecule has 0 heterocycles. The van der Waals surface area contributed by atoms with Crippen molar-refractivity contribution >= 4 is 0 Å². The van der Waals surface area contributed by atoms with Crippen LogP contribution in [-0.4, -0.2) is 5.11 Å². The highest BCUT2D eigenvalue weighted by atomic mass is 16.3. The summed E-state index contributed by atoms with van der Waals surface area (Å²) >= 11 is 0. The van der Waals surface area contributed by atoms with Gasteiger partial charge in [0, 0.05) is 0 Å². The molecule has 0 atom stereocenters. The molecule has 0 aliphatic heterocycles. The highest BCUT2D eigenvalue weighted by Gasteiger charge is 2.30. The van der Waals surface area contributed by atoms with Gasteiger partial charge < -0.3 is 5.11 Å². The largest absolute Gasteiger partial charge is 0.384 e. The molecule has 0 aromatic heterocycles. The minimum absolute atomic E-state index is 0.0973. The Morgan fingerprint density at radius 1 is 0.682 bits per heavy atom. The van der Waals surface area contributed by atoms with E-state index in [4.69, 9.17) is 0 Å². The number of fused-ring (bicyclic) bond motifs is 3. The summed E-state index contributed by atoms with van der Waals surface area (Å²) in [6, 6.07) is 13.1. The summed E-state index contributed by atoms with van der Waals surface area (Å²) in [4.78, 5) is 0. The first-order valence-corrected chi connectivity index (χ1v) is 8.06. The van der Waals surface area contributed by atoms with Crippen LogP contribution in [0.3, 0.4) is 0 Å². The molecule has 3 rings (SSSR count). The van der Waals surface area contributed by atoms with E-state index in [1.165, 1.54) is 22.3 Å². The fourth-order valence-electron chi connectivity index (χ4n) is 3.17. The van der Waals surface area contributed by atoms with Crippen LogP contribution in [-0.2, 0) is 10.8 Å². The van der Waals surface area contributed by atoms with Crippen molar-refractivity contribution in [1.82, 2.24) is 0 Å². The zero-order valence-corrected chi connectivity index (χ0v) is 14.5. The second-order valence-corrected chi connectivity index (χ2v) is 8.51. The first-order valence-electron chi connectivity index (χ1n) is 8.06. The van der Waals surface area contributed by atoms with E-state index in [0.29, 0.717) is 0 Å². The Balaban J connectivity index is 2.13. The van der Waals surface area contributed by atoms with E-state index in [0.717, 1.165) is 11.1 Å². The Bertz CT molecular complexity index is 663. The molecule has 0 saturated carbocycles. The molecule has 0 fully saturated rings. The van der Waals surface area contributed by atoms with Crippen molar-refractivity contribution in [2.75, 3.05) is 0 Å². The molecule has 1 nitrogen and oxygen atoms in total. The molecule has 0 bridgehead atoms. The Morgan fingerprint density at radius 3 is 1.36 bits per heavy atom. The van der Waals surface area contributed by atoms with Gasteiger partial charge in [-0.15, -0.1) is 0 Å². The number of rotatable bonds is 0. The molecular weight excluding hydrogens is 268 g/mol. The molecule has 0 spiro atoms. The third-order valence-electron chi connectivity index (χ3n) is 4.71. The lowest BCUT2D eigenvalue weighted by Gasteiger charge is -2.21. The highest BCUT2D eigenvalue weighted by Crippen LogP contribution is 2.46. The van der Waals surface area contributed by atoms with Gasteiger partial charge in [0.2, 0.25) is 0 Å². The van der Waals surface area contributed by atoms with E-state index in [2.05, 4.69) is 77.9 Å². The standard InChI is InChI=1S/C21H26O/c1-20(2,3)13-7-9-15-16-10-8-14(21(4,5)6)12-18(16)19(22)17(15)11-13/h7-12,19,22H,1-6H3. The van der Waals surface area contributed by atoms with E-state index in [9.17, 15) is 5.11 Å². The maximum atomic E-state index is 10.8. The first-order chi connectivity index (χ1) is 10.1. The molecule has 22 heavy (non-hydrogen) atoms. The topological polar surface area (TPSA) is 20.2 Å². The van der Waals surface area contributed by atoms with E-state index < -0.39 is 6.10 Å². The van der Waals surface area contributed by atoms with Gasteiger partial charge in [-0.3, -0.25) is 0 Å². The van der Waals surface area contributed by atoms with E-state index in [-0.39, 0.29) is 10.8 Å². The van der Waals surface area contributed by atoms with Gasteiger partial charge >= 0.3 is 0 Å². The first kappa shape index (κ1) is 15.3. The zero-order chi connectivity index (χ0) is 16.3. The fourth-order valence-corrected chi connectivity index (χ4v) is 3.17. The normalized spacial score (nSPS) is 14.9. The molecule has 1 heteroatoms. The summed E-state index contributed by atoms with van der Waals surface area (Å²) in [5.74, 6) is 0. The monoisotopic (exact) mass is 294 g/mol. The molecular formula is C21H26O. The molecule has 1 aliphatic carbocycles. The van der Waals surface area contributed by atoms with Gasteiger partial charge in [0.1, 0.15) is 6.10 Å². The van der Waals surface area contributed by atoms with Gasteiger partial charge in [0.15, 0.2) is 0 Å². The van der Waals surface area contributed by atoms with Gasteiger partial charge in [-0.25, -0.2) is 0 Å². The van der Waals surface area contributed by atoms with Gasteiger partial charge in [0.25, 0.3) is 0 Å². The van der Waals surface area contributed by atoms with E-state index >= 15 is 0 Å². The SMILES string of the molecule is CC(C)(C)c1ccc2c(c1)C(O)c1cc(C(C)(C)C)ccc1-2. The van der Waals surface area contributed by atoms with Crippen LogP contribution in [0.4, 0.5) is 0 Å². The average molecular weight is 294 g/mol. The third kappa shape index (κ3) is 2.38. The quantitative estimate of drug-likeness (QED) is 0.695. The number of hydrogen-bond donors (Lipinski definition) is 1. The molecule has 0 amide bonds. The summed E-state index contributed by atoms with van der Waals surface area (Å²) in [7, 11) is 0. The lowest BCUT2D eigenvalue weighted by atomic mass is 9.85. The second kappa shape index (κ2) is 4.70. The van der Waals surface area contributed by atoms with Crippen LogP contribution >= 0.6 is 0 Å². The molecule has 0 radical (unpaired) electrons. The predicted octanol–water partition coefficient (Wildman–Crippen LogP) is 5.34. The second-order valence-electron chi connectivity index (χ2n) is 8.51. The minimum Gasteiger partial charge on any atom is -0.384 e. The molecule has 116 valence electrons. The van der Waals surface area contributed by atoms with Crippen molar-refractivity contribution in [3.05, 3.63) is 58.7 Å². The molecule has 2 aromatic carbocycles. The fraction of sp³-hybridized carbons (Fsp3) is 0.429. The number of aliphatic hydroxyl groups is 1. The van der Waals surface area contributed by atoms with Crippen molar-refractivity contribution < 1.29 is 5.11 Å². The van der Waals surface area contributed by atoms with Crippen molar-refractivity contribution in [3.63, 3.8) is 0 Å². The summed E-state index contributed by atoms with van der Waals surface area (Å²) in [6.45, 7) is 13.3. The summed E-state index contributed by atoms with van der Waals surface area (Å²) in [5, 5.41) is 10.8. The minimum atomic E-state index is -0.505. The van der Waals surface area contributed by atoms with Crippen LogP contribution in [0.5, 0.6) is 0 Å². The lowest BCUT2D eigenvalue weighted by molar-refractivity contribution is 0.225. The molecule has 0 saturated heterocycles. The predicted molar refractivity (Wildman–Crippen MR) is 93.3 cm³/mol. The maximum absolute atomic E-state index is 10.8. The van der Waals surface area contributed by atoms with Crippen LogP contribution < -0.4 is 0 Å². The van der Waals surface area contributed by atoms with Gasteiger partial charge in [-0.1, -0.05) is 77.9 Å². The number of aliphatic hydroxyl groups excluding tert-OH is 1. The van der Waals surface area contributed by atoms with Gasteiger partial charge in [-0.05, 0) is 44.2 Å². The maximum Gasteiger partial charge on any atom is 0.105 e. The van der Waals surface area contributed by atoms with Crippen LogP contribution in [0.25, 0.3) is 11.1 Å². The lowest BCUT2D eigenvalue weighted by Crippen LogP contribution is -2.12. The van der Waals surface area contributed by atoms with E-state index in [1.54, 1.807) is 0 Å². The summed E-state index contributed by atoms with van der Waals surface area (Å²) in [6.07, 6.45) is -0.505. The van der Waals surface area contributed by atoms with Gasteiger partial charge in [-0.2, -0.15) is 0 Å². The Kier molecular flexibility index (Phi) is 3.27. The van der Waals surface area contributed by atoms with Crippen molar-refractivity contribution in [2.24, 2.45) is 0 Å².